The summed E-state index contributed by atoms with van der Waals surface area (Å²) in [4.78, 5) is 29.1. The predicted octanol–water partition coefficient (Wildman–Crippen LogP) is 0.761. The zero-order valence-electron chi connectivity index (χ0n) is 8.27. The van der Waals surface area contributed by atoms with Gasteiger partial charge in [0.15, 0.2) is 0 Å². The maximum absolute atomic E-state index is 11.6. The van der Waals surface area contributed by atoms with Crippen LogP contribution in [0.5, 0.6) is 0 Å². The van der Waals surface area contributed by atoms with Gasteiger partial charge in [-0.05, 0) is 6.07 Å². The second-order valence-corrected chi connectivity index (χ2v) is 3.81. The Balaban J connectivity index is 2.01. The number of hydrogen-bond donors (Lipinski definition) is 2. The van der Waals surface area contributed by atoms with E-state index >= 15 is 0 Å². The molecule has 82 valence electrons. The van der Waals surface area contributed by atoms with Crippen LogP contribution in [0.3, 0.4) is 0 Å². The van der Waals surface area contributed by atoms with Gasteiger partial charge in [0.05, 0.1) is 17.7 Å². The lowest BCUT2D eigenvalue weighted by Gasteiger charge is -2.02. The van der Waals surface area contributed by atoms with Crippen molar-refractivity contribution in [3.8, 4) is 0 Å². The number of nitrogens with one attached hydrogen (secondary N) is 2. The first-order chi connectivity index (χ1) is 7.75. The predicted molar refractivity (Wildman–Crippen MR) is 60.3 cm³/mol. The van der Waals surface area contributed by atoms with Crippen LogP contribution in [-0.2, 0) is 6.54 Å². The Bertz CT molecular complexity index is 533. The Morgan fingerprint density at radius 3 is 3.06 bits per heavy atom. The largest absolute Gasteiger partial charge is 0.345 e. The number of pyridine rings is 1. The number of thiazole rings is 1. The Kier molecular flexibility index (Phi) is 3.11. The van der Waals surface area contributed by atoms with Crippen molar-refractivity contribution in [1.29, 1.82) is 0 Å². The molecule has 0 fully saturated rings. The smallest absolute Gasteiger partial charge is 0.268 e. The minimum Gasteiger partial charge on any atom is -0.345 e. The molecule has 0 unspecified atom stereocenters. The number of nitrogens with zero attached hydrogens (tertiary/aromatic N) is 1. The molecule has 2 aromatic rings. The van der Waals surface area contributed by atoms with E-state index in [2.05, 4.69) is 15.3 Å². The van der Waals surface area contributed by atoms with Gasteiger partial charge in [-0.1, -0.05) is 6.07 Å². The molecule has 5 nitrogen and oxygen atoms in total. The summed E-state index contributed by atoms with van der Waals surface area (Å²) in [5.74, 6) is -0.314. The van der Waals surface area contributed by atoms with E-state index in [1.807, 2.05) is 5.38 Å². The Labute approximate surface area is 95.2 Å². The molecule has 6 heteroatoms. The van der Waals surface area contributed by atoms with Crippen LogP contribution in [0.1, 0.15) is 16.2 Å². The third kappa shape index (κ3) is 2.54. The molecule has 0 bridgehead atoms. The minimum absolute atomic E-state index is 0.253. The van der Waals surface area contributed by atoms with E-state index in [4.69, 9.17) is 0 Å². The van der Waals surface area contributed by atoms with Gasteiger partial charge < -0.3 is 10.3 Å². The topological polar surface area (TPSA) is 74.8 Å². The summed E-state index contributed by atoms with van der Waals surface area (Å²) in [5, 5.41) is 4.52. The van der Waals surface area contributed by atoms with Gasteiger partial charge in [-0.25, -0.2) is 4.98 Å². The van der Waals surface area contributed by atoms with Gasteiger partial charge in [-0.3, -0.25) is 9.59 Å². The standard InChI is InChI=1S/C10H9N3O2S/c14-9-3-1-2-8(13-9)10(15)11-4-7-5-16-6-12-7/h1-3,5-6H,4H2,(H,11,15)(H,13,14). The molecule has 1 amide bonds. The molecule has 2 aromatic heterocycles. The Morgan fingerprint density at radius 1 is 1.50 bits per heavy atom. The van der Waals surface area contributed by atoms with Gasteiger partial charge in [0.2, 0.25) is 5.56 Å². The first-order valence-corrected chi connectivity index (χ1v) is 5.54. The maximum atomic E-state index is 11.6. The second-order valence-electron chi connectivity index (χ2n) is 3.09. The number of aromatic amines is 1. The number of carbonyl (C=O) groups is 1. The summed E-state index contributed by atoms with van der Waals surface area (Å²) in [6.07, 6.45) is 0. The van der Waals surface area contributed by atoms with Crippen LogP contribution in [0, 0.1) is 0 Å². The molecule has 0 aliphatic rings. The first kappa shape index (κ1) is 10.6. The van der Waals surface area contributed by atoms with Crippen LogP contribution in [0.2, 0.25) is 0 Å². The van der Waals surface area contributed by atoms with Crippen molar-refractivity contribution in [2.24, 2.45) is 0 Å². The lowest BCUT2D eigenvalue weighted by molar-refractivity contribution is 0.0945. The average Bonchev–Trinajstić information content (AvgIpc) is 2.78. The van der Waals surface area contributed by atoms with Gasteiger partial charge in [0.1, 0.15) is 5.69 Å². The number of H-pyrrole nitrogens is 1. The van der Waals surface area contributed by atoms with Crippen LogP contribution in [-0.4, -0.2) is 15.9 Å². The normalized spacial score (nSPS) is 10.0. The lowest BCUT2D eigenvalue weighted by Crippen LogP contribution is -2.25. The van der Waals surface area contributed by atoms with E-state index in [-0.39, 0.29) is 17.2 Å². The number of carbonyl (C=O) groups excluding carboxylic acids is 1. The zero-order valence-corrected chi connectivity index (χ0v) is 9.08. The van der Waals surface area contributed by atoms with Gasteiger partial charge in [-0.2, -0.15) is 0 Å². The number of rotatable bonds is 3. The van der Waals surface area contributed by atoms with E-state index in [0.29, 0.717) is 6.54 Å². The van der Waals surface area contributed by atoms with Crippen molar-refractivity contribution >= 4 is 17.2 Å². The third-order valence-electron chi connectivity index (χ3n) is 1.93. The fourth-order valence-corrected chi connectivity index (χ4v) is 1.73. The molecule has 0 aliphatic heterocycles. The molecule has 16 heavy (non-hydrogen) atoms. The quantitative estimate of drug-likeness (QED) is 0.824. The highest BCUT2D eigenvalue weighted by atomic mass is 32.1. The monoisotopic (exact) mass is 235 g/mol. The molecule has 0 radical (unpaired) electrons. The molecule has 0 saturated carbocycles. The van der Waals surface area contributed by atoms with Gasteiger partial charge >= 0.3 is 0 Å². The molecule has 0 saturated heterocycles. The summed E-state index contributed by atoms with van der Waals surface area (Å²) < 4.78 is 0. The fourth-order valence-electron chi connectivity index (χ4n) is 1.17. The highest BCUT2D eigenvalue weighted by Gasteiger charge is 2.05. The summed E-state index contributed by atoms with van der Waals surface area (Å²) in [5.41, 5.74) is 2.46. The van der Waals surface area contributed by atoms with Crippen molar-refractivity contribution in [3.05, 3.63) is 50.8 Å². The number of amides is 1. The van der Waals surface area contributed by atoms with E-state index in [9.17, 15) is 9.59 Å². The molecule has 2 N–H and O–H groups in total. The summed E-state index contributed by atoms with van der Waals surface area (Å²) in [6.45, 7) is 0.360. The lowest BCUT2D eigenvalue weighted by atomic mass is 10.3. The van der Waals surface area contributed by atoms with E-state index in [0.717, 1.165) is 5.69 Å². The van der Waals surface area contributed by atoms with Gasteiger partial charge in [0, 0.05) is 11.4 Å². The van der Waals surface area contributed by atoms with Gasteiger partial charge in [-0.15, -0.1) is 11.3 Å². The fraction of sp³-hybridized carbons (Fsp3) is 0.100. The van der Waals surface area contributed by atoms with Crippen LogP contribution in [0.25, 0.3) is 0 Å². The molecule has 2 rings (SSSR count). The minimum atomic E-state index is -0.314. The third-order valence-corrected chi connectivity index (χ3v) is 2.56. The molecule has 0 aromatic carbocycles. The molecular formula is C10H9N3O2S. The molecule has 0 atom stereocenters. The summed E-state index contributed by atoms with van der Waals surface area (Å²) >= 11 is 1.47. The highest BCUT2D eigenvalue weighted by molar-refractivity contribution is 7.07. The summed E-state index contributed by atoms with van der Waals surface area (Å²) in [7, 11) is 0. The van der Waals surface area contributed by atoms with Crippen molar-refractivity contribution in [3.63, 3.8) is 0 Å². The van der Waals surface area contributed by atoms with Gasteiger partial charge in [0.25, 0.3) is 5.91 Å². The van der Waals surface area contributed by atoms with Crippen LogP contribution in [0.4, 0.5) is 0 Å². The SMILES string of the molecule is O=C(NCc1cscn1)c1cccc(=O)[nH]1. The molecule has 2 heterocycles. The zero-order chi connectivity index (χ0) is 11.4. The maximum Gasteiger partial charge on any atom is 0.268 e. The van der Waals surface area contributed by atoms with E-state index in [1.54, 1.807) is 11.6 Å². The molecular weight excluding hydrogens is 226 g/mol. The average molecular weight is 235 g/mol. The van der Waals surface area contributed by atoms with E-state index < -0.39 is 0 Å². The first-order valence-electron chi connectivity index (χ1n) is 4.60. The Hall–Kier alpha value is -1.95. The number of hydrogen-bond acceptors (Lipinski definition) is 4. The highest BCUT2D eigenvalue weighted by Crippen LogP contribution is 2.00. The number of aromatic nitrogens is 2. The van der Waals surface area contributed by atoms with Crippen LogP contribution >= 0.6 is 11.3 Å². The van der Waals surface area contributed by atoms with Crippen LogP contribution in [0.15, 0.2) is 33.9 Å². The van der Waals surface area contributed by atoms with Crippen molar-refractivity contribution in [1.82, 2.24) is 15.3 Å². The molecule has 0 aliphatic carbocycles. The van der Waals surface area contributed by atoms with E-state index in [1.165, 1.54) is 23.5 Å². The summed E-state index contributed by atoms with van der Waals surface area (Å²) in [6, 6.07) is 4.45. The Morgan fingerprint density at radius 2 is 2.38 bits per heavy atom. The second kappa shape index (κ2) is 4.71. The van der Waals surface area contributed by atoms with Crippen molar-refractivity contribution in [2.75, 3.05) is 0 Å². The van der Waals surface area contributed by atoms with Crippen molar-refractivity contribution < 1.29 is 4.79 Å². The van der Waals surface area contributed by atoms with Crippen LogP contribution < -0.4 is 10.9 Å². The van der Waals surface area contributed by atoms with Crippen molar-refractivity contribution in [2.45, 2.75) is 6.54 Å². The molecule has 0 spiro atoms.